The van der Waals surface area contributed by atoms with Crippen molar-refractivity contribution in [1.82, 2.24) is 0 Å². The third-order valence-corrected chi connectivity index (χ3v) is 2.39. The molecular formula is C14H28ClNO3. The van der Waals surface area contributed by atoms with E-state index in [1.807, 2.05) is 34.6 Å². The number of ketones is 1. The van der Waals surface area contributed by atoms with Gasteiger partial charge < -0.3 is 10.5 Å². The Bertz CT molecular complexity index is 285. The number of esters is 1. The van der Waals surface area contributed by atoms with Crippen LogP contribution in [-0.2, 0) is 14.3 Å². The Kier molecular flexibility index (Phi) is 10.2. The van der Waals surface area contributed by atoms with Crippen LogP contribution < -0.4 is 5.73 Å². The van der Waals surface area contributed by atoms with Crippen LogP contribution in [0.4, 0.5) is 0 Å². The minimum atomic E-state index is -0.511. The molecule has 19 heavy (non-hydrogen) atoms. The van der Waals surface area contributed by atoms with Gasteiger partial charge in [0.1, 0.15) is 11.4 Å². The van der Waals surface area contributed by atoms with Crippen LogP contribution in [0.5, 0.6) is 0 Å². The summed E-state index contributed by atoms with van der Waals surface area (Å²) in [5, 5.41) is 0. The van der Waals surface area contributed by atoms with E-state index in [1.165, 1.54) is 0 Å². The molecule has 0 saturated heterocycles. The van der Waals surface area contributed by atoms with Crippen molar-refractivity contribution < 1.29 is 14.3 Å². The fourth-order valence-electron chi connectivity index (χ4n) is 1.75. The second-order valence-electron chi connectivity index (χ2n) is 6.14. The number of halogens is 1. The van der Waals surface area contributed by atoms with E-state index >= 15 is 0 Å². The van der Waals surface area contributed by atoms with Gasteiger partial charge in [0.25, 0.3) is 0 Å². The lowest BCUT2D eigenvalue weighted by molar-refractivity contribution is -0.161. The summed E-state index contributed by atoms with van der Waals surface area (Å²) in [4.78, 5) is 23.6. The summed E-state index contributed by atoms with van der Waals surface area (Å²) >= 11 is 0. The number of Topliss-reactive ketones (excluding diaryl/α,β-unsaturated/α-hetero) is 1. The molecule has 5 heteroatoms. The summed E-state index contributed by atoms with van der Waals surface area (Å²) in [6, 6.07) is 0. The molecule has 0 fully saturated rings. The molecule has 1 atom stereocenters. The van der Waals surface area contributed by atoms with Gasteiger partial charge in [0, 0.05) is 12.8 Å². The molecule has 114 valence electrons. The van der Waals surface area contributed by atoms with Gasteiger partial charge >= 0.3 is 5.97 Å². The summed E-state index contributed by atoms with van der Waals surface area (Å²) in [6.45, 7) is 9.90. The fraction of sp³-hybridized carbons (Fsp3) is 0.857. The van der Waals surface area contributed by atoms with Crippen LogP contribution in [0, 0.1) is 11.8 Å². The normalized spacial score (nSPS) is 12.8. The van der Waals surface area contributed by atoms with Crippen LogP contribution >= 0.6 is 12.4 Å². The summed E-state index contributed by atoms with van der Waals surface area (Å²) in [5.74, 6) is -0.230. The van der Waals surface area contributed by atoms with Crippen molar-refractivity contribution in [3.05, 3.63) is 0 Å². The van der Waals surface area contributed by atoms with Gasteiger partial charge in [-0.2, -0.15) is 0 Å². The summed E-state index contributed by atoms with van der Waals surface area (Å²) < 4.78 is 5.36. The molecule has 0 bridgehead atoms. The highest BCUT2D eigenvalue weighted by molar-refractivity contribution is 5.85. The van der Waals surface area contributed by atoms with E-state index in [0.717, 1.165) is 0 Å². The number of hydrogen-bond acceptors (Lipinski definition) is 4. The monoisotopic (exact) mass is 293 g/mol. The molecule has 0 rings (SSSR count). The smallest absolute Gasteiger partial charge is 0.309 e. The average Bonchev–Trinajstić information content (AvgIpc) is 2.13. The second-order valence-corrected chi connectivity index (χ2v) is 6.14. The van der Waals surface area contributed by atoms with Gasteiger partial charge in [0.05, 0.1) is 5.92 Å². The first kappa shape index (κ1) is 20.7. The highest BCUT2D eigenvalue weighted by atomic mass is 35.5. The van der Waals surface area contributed by atoms with E-state index in [0.29, 0.717) is 25.3 Å². The molecule has 2 N–H and O–H groups in total. The van der Waals surface area contributed by atoms with E-state index in [2.05, 4.69) is 0 Å². The lowest BCUT2D eigenvalue weighted by Gasteiger charge is -2.24. The Morgan fingerprint density at radius 1 is 1.21 bits per heavy atom. The van der Waals surface area contributed by atoms with Crippen LogP contribution in [0.15, 0.2) is 0 Å². The largest absolute Gasteiger partial charge is 0.460 e. The minimum absolute atomic E-state index is 0. The molecule has 0 aliphatic rings. The Hall–Kier alpha value is -0.610. The summed E-state index contributed by atoms with van der Waals surface area (Å²) in [5.41, 5.74) is 4.84. The van der Waals surface area contributed by atoms with E-state index in [9.17, 15) is 9.59 Å². The molecule has 0 aromatic heterocycles. The van der Waals surface area contributed by atoms with Gasteiger partial charge in [-0.05, 0) is 39.7 Å². The maximum atomic E-state index is 12.0. The molecule has 4 nitrogen and oxygen atoms in total. The van der Waals surface area contributed by atoms with Crippen molar-refractivity contribution in [1.29, 1.82) is 0 Å². The number of carbonyl (C=O) groups is 2. The Balaban J connectivity index is 0. The third-order valence-electron chi connectivity index (χ3n) is 2.39. The zero-order chi connectivity index (χ0) is 14.3. The minimum Gasteiger partial charge on any atom is -0.460 e. The molecule has 0 saturated carbocycles. The first-order chi connectivity index (χ1) is 8.15. The average molecular weight is 294 g/mol. The van der Waals surface area contributed by atoms with Gasteiger partial charge in [-0.3, -0.25) is 9.59 Å². The van der Waals surface area contributed by atoms with Crippen molar-refractivity contribution >= 4 is 24.2 Å². The van der Waals surface area contributed by atoms with Crippen molar-refractivity contribution in [2.75, 3.05) is 6.54 Å². The maximum Gasteiger partial charge on any atom is 0.309 e. The number of rotatable bonds is 7. The second kappa shape index (κ2) is 9.32. The summed E-state index contributed by atoms with van der Waals surface area (Å²) in [7, 11) is 0. The van der Waals surface area contributed by atoms with Crippen LogP contribution in [0.3, 0.4) is 0 Å². The molecule has 0 radical (unpaired) electrons. The lowest BCUT2D eigenvalue weighted by Crippen LogP contribution is -2.31. The Labute approximate surface area is 122 Å². The first-order valence-corrected chi connectivity index (χ1v) is 6.60. The highest BCUT2D eigenvalue weighted by Crippen LogP contribution is 2.21. The van der Waals surface area contributed by atoms with Gasteiger partial charge in [0.2, 0.25) is 0 Å². The number of nitrogens with two attached hydrogens (primary N) is 1. The molecule has 0 aliphatic heterocycles. The van der Waals surface area contributed by atoms with E-state index < -0.39 is 5.60 Å². The van der Waals surface area contributed by atoms with Gasteiger partial charge in [-0.15, -0.1) is 12.4 Å². The predicted molar refractivity (Wildman–Crippen MR) is 79.3 cm³/mol. The van der Waals surface area contributed by atoms with Crippen molar-refractivity contribution in [3.63, 3.8) is 0 Å². The van der Waals surface area contributed by atoms with Crippen molar-refractivity contribution in [3.8, 4) is 0 Å². The van der Waals surface area contributed by atoms with Gasteiger partial charge in [0.15, 0.2) is 0 Å². The maximum absolute atomic E-state index is 12.0. The predicted octanol–water partition coefficient (Wildman–Crippen LogP) is 2.72. The summed E-state index contributed by atoms with van der Waals surface area (Å²) in [6.07, 6.45) is 1.24. The third kappa shape index (κ3) is 11.0. The number of hydrogen-bond donors (Lipinski definition) is 1. The molecule has 0 aromatic rings. The van der Waals surface area contributed by atoms with E-state index in [-0.39, 0.29) is 36.5 Å². The fourth-order valence-corrected chi connectivity index (χ4v) is 1.75. The molecular weight excluding hydrogens is 266 g/mol. The van der Waals surface area contributed by atoms with Gasteiger partial charge in [-0.25, -0.2) is 0 Å². The molecule has 0 unspecified atom stereocenters. The zero-order valence-electron chi connectivity index (χ0n) is 12.7. The van der Waals surface area contributed by atoms with Crippen LogP contribution in [0.2, 0.25) is 0 Å². The Morgan fingerprint density at radius 3 is 2.11 bits per heavy atom. The van der Waals surface area contributed by atoms with E-state index in [4.69, 9.17) is 10.5 Å². The van der Waals surface area contributed by atoms with Crippen LogP contribution in [-0.4, -0.2) is 23.9 Å². The first-order valence-electron chi connectivity index (χ1n) is 6.60. The molecule has 0 aliphatic carbocycles. The molecule has 0 spiro atoms. The van der Waals surface area contributed by atoms with Crippen LogP contribution in [0.1, 0.15) is 53.9 Å². The molecule has 0 heterocycles. The van der Waals surface area contributed by atoms with Crippen LogP contribution in [0.25, 0.3) is 0 Å². The SMILES string of the molecule is CC(C)C[C@H](CC(=O)CCN)C(=O)OC(C)(C)C.Cl. The van der Waals surface area contributed by atoms with E-state index in [1.54, 1.807) is 0 Å². The molecule has 0 amide bonds. The Morgan fingerprint density at radius 2 is 1.74 bits per heavy atom. The topological polar surface area (TPSA) is 69.4 Å². The molecule has 0 aromatic carbocycles. The quantitative estimate of drug-likeness (QED) is 0.733. The standard InChI is InChI=1S/C14H27NO3.ClH/c1-10(2)8-11(9-12(16)6-7-15)13(17)18-14(3,4)5;/h10-11H,6-9,15H2,1-5H3;1H/t11-;/m1./s1. The van der Waals surface area contributed by atoms with Crippen molar-refractivity contribution in [2.45, 2.75) is 59.5 Å². The number of carbonyl (C=O) groups excluding carboxylic acids is 2. The van der Waals surface area contributed by atoms with Crippen molar-refractivity contribution in [2.24, 2.45) is 17.6 Å². The highest BCUT2D eigenvalue weighted by Gasteiger charge is 2.27. The zero-order valence-corrected chi connectivity index (χ0v) is 13.5. The lowest BCUT2D eigenvalue weighted by atomic mass is 9.91. The van der Waals surface area contributed by atoms with Gasteiger partial charge in [-0.1, -0.05) is 13.8 Å². The number of ether oxygens (including phenoxy) is 1.